The van der Waals surface area contributed by atoms with Crippen LogP contribution in [-0.4, -0.2) is 57.1 Å². The SMILES string of the molecule is Cc1cncnc1N1CC2CN(CCc3cncn3C)CC2C1. The van der Waals surface area contributed by atoms with Crippen LogP contribution in [0.2, 0.25) is 0 Å². The summed E-state index contributed by atoms with van der Waals surface area (Å²) < 4.78 is 2.12. The number of hydrogen-bond acceptors (Lipinski definition) is 5. The quantitative estimate of drug-likeness (QED) is 0.847. The highest BCUT2D eigenvalue weighted by molar-refractivity contribution is 5.46. The van der Waals surface area contributed by atoms with E-state index in [1.54, 1.807) is 6.33 Å². The molecular weight excluding hydrogens is 288 g/mol. The van der Waals surface area contributed by atoms with Gasteiger partial charge in [-0.1, -0.05) is 0 Å². The van der Waals surface area contributed by atoms with Crippen molar-refractivity contribution in [2.24, 2.45) is 18.9 Å². The van der Waals surface area contributed by atoms with E-state index < -0.39 is 0 Å². The van der Waals surface area contributed by atoms with Gasteiger partial charge in [-0.2, -0.15) is 0 Å². The third kappa shape index (κ3) is 2.83. The Balaban J connectivity index is 1.33. The molecule has 0 bridgehead atoms. The molecule has 2 aliphatic heterocycles. The molecule has 0 spiro atoms. The minimum atomic E-state index is 0.774. The minimum absolute atomic E-state index is 0.774. The molecular formula is C17H24N6. The van der Waals surface area contributed by atoms with Gasteiger partial charge in [0.05, 0.1) is 6.33 Å². The number of fused-ring (bicyclic) bond motifs is 1. The predicted molar refractivity (Wildman–Crippen MR) is 89.3 cm³/mol. The van der Waals surface area contributed by atoms with E-state index in [-0.39, 0.29) is 0 Å². The van der Waals surface area contributed by atoms with Gasteiger partial charge in [-0.15, -0.1) is 0 Å². The second-order valence-corrected chi connectivity index (χ2v) is 6.96. The van der Waals surface area contributed by atoms with E-state index in [0.717, 1.165) is 43.7 Å². The fraction of sp³-hybridized carbons (Fsp3) is 0.588. The lowest BCUT2D eigenvalue weighted by atomic mass is 10.0. The fourth-order valence-corrected chi connectivity index (χ4v) is 4.07. The molecule has 0 aliphatic carbocycles. The summed E-state index contributed by atoms with van der Waals surface area (Å²) in [6, 6.07) is 0. The summed E-state index contributed by atoms with van der Waals surface area (Å²) >= 11 is 0. The average molecular weight is 312 g/mol. The average Bonchev–Trinajstić information content (AvgIpc) is 3.20. The van der Waals surface area contributed by atoms with Crippen LogP contribution in [-0.2, 0) is 13.5 Å². The molecule has 122 valence electrons. The normalized spacial score (nSPS) is 24.3. The van der Waals surface area contributed by atoms with E-state index in [1.807, 2.05) is 18.7 Å². The number of aromatic nitrogens is 4. The summed E-state index contributed by atoms with van der Waals surface area (Å²) in [5.74, 6) is 2.67. The molecule has 23 heavy (non-hydrogen) atoms. The standard InChI is InChI=1S/C17H24N6/c1-13-5-18-11-20-17(13)23-9-14-7-22(8-15(14)10-23)4-3-16-6-19-12-21(16)2/h5-6,11-12,14-15H,3-4,7-10H2,1-2H3. The number of nitrogens with zero attached hydrogens (tertiary/aromatic N) is 6. The van der Waals surface area contributed by atoms with Gasteiger partial charge in [0.25, 0.3) is 0 Å². The van der Waals surface area contributed by atoms with Crippen molar-refractivity contribution in [3.63, 3.8) is 0 Å². The Morgan fingerprint density at radius 2 is 1.87 bits per heavy atom. The molecule has 2 aromatic heterocycles. The molecule has 0 amide bonds. The molecule has 2 aliphatic rings. The summed E-state index contributed by atoms with van der Waals surface area (Å²) in [6.45, 7) is 7.92. The highest BCUT2D eigenvalue weighted by Gasteiger charge is 2.40. The van der Waals surface area contributed by atoms with Crippen molar-refractivity contribution in [2.45, 2.75) is 13.3 Å². The van der Waals surface area contributed by atoms with E-state index in [1.165, 1.54) is 24.3 Å². The van der Waals surface area contributed by atoms with E-state index in [9.17, 15) is 0 Å². The summed E-state index contributed by atoms with van der Waals surface area (Å²) in [5, 5.41) is 0. The first-order chi connectivity index (χ1) is 11.2. The number of likely N-dealkylation sites (tertiary alicyclic amines) is 1. The van der Waals surface area contributed by atoms with Gasteiger partial charge in [0, 0.05) is 69.8 Å². The Morgan fingerprint density at radius 1 is 1.09 bits per heavy atom. The molecule has 2 atom stereocenters. The van der Waals surface area contributed by atoms with Gasteiger partial charge in [-0.05, 0) is 18.8 Å². The van der Waals surface area contributed by atoms with Crippen LogP contribution in [0.5, 0.6) is 0 Å². The lowest BCUT2D eigenvalue weighted by Crippen LogP contribution is -2.31. The Morgan fingerprint density at radius 3 is 2.52 bits per heavy atom. The first kappa shape index (κ1) is 14.6. The van der Waals surface area contributed by atoms with Crippen molar-refractivity contribution in [2.75, 3.05) is 37.6 Å². The van der Waals surface area contributed by atoms with Crippen LogP contribution in [0, 0.1) is 18.8 Å². The second-order valence-electron chi connectivity index (χ2n) is 6.96. The summed E-state index contributed by atoms with van der Waals surface area (Å²) in [7, 11) is 2.07. The van der Waals surface area contributed by atoms with Gasteiger partial charge < -0.3 is 14.4 Å². The van der Waals surface area contributed by atoms with Crippen LogP contribution >= 0.6 is 0 Å². The highest BCUT2D eigenvalue weighted by atomic mass is 15.3. The van der Waals surface area contributed by atoms with Gasteiger partial charge in [0.1, 0.15) is 12.1 Å². The van der Waals surface area contributed by atoms with Gasteiger partial charge in [0.15, 0.2) is 0 Å². The molecule has 6 nitrogen and oxygen atoms in total. The molecule has 2 saturated heterocycles. The zero-order valence-corrected chi connectivity index (χ0v) is 13.9. The number of imidazole rings is 1. The minimum Gasteiger partial charge on any atom is -0.356 e. The molecule has 2 unspecified atom stereocenters. The third-order valence-corrected chi connectivity index (χ3v) is 5.33. The molecule has 0 N–H and O–H groups in total. The van der Waals surface area contributed by atoms with Crippen molar-refractivity contribution in [1.29, 1.82) is 0 Å². The van der Waals surface area contributed by atoms with E-state index in [2.05, 4.69) is 43.3 Å². The summed E-state index contributed by atoms with van der Waals surface area (Å²) in [4.78, 5) is 17.8. The van der Waals surface area contributed by atoms with E-state index in [4.69, 9.17) is 0 Å². The Kier molecular flexibility index (Phi) is 3.77. The molecule has 6 heteroatoms. The largest absolute Gasteiger partial charge is 0.356 e. The maximum atomic E-state index is 4.48. The zero-order chi connectivity index (χ0) is 15.8. The fourth-order valence-electron chi connectivity index (χ4n) is 4.07. The Hall–Kier alpha value is -1.95. The maximum Gasteiger partial charge on any atom is 0.134 e. The van der Waals surface area contributed by atoms with Crippen LogP contribution in [0.15, 0.2) is 25.0 Å². The second kappa shape index (κ2) is 5.92. The highest BCUT2D eigenvalue weighted by Crippen LogP contribution is 2.34. The van der Waals surface area contributed by atoms with Gasteiger partial charge >= 0.3 is 0 Å². The van der Waals surface area contributed by atoms with Crippen molar-refractivity contribution < 1.29 is 0 Å². The summed E-state index contributed by atoms with van der Waals surface area (Å²) in [5.41, 5.74) is 2.50. The lowest BCUT2D eigenvalue weighted by Gasteiger charge is -2.23. The van der Waals surface area contributed by atoms with E-state index in [0.29, 0.717) is 0 Å². The van der Waals surface area contributed by atoms with Crippen molar-refractivity contribution in [3.05, 3.63) is 36.3 Å². The van der Waals surface area contributed by atoms with Gasteiger partial charge in [-0.3, -0.25) is 0 Å². The number of anilines is 1. The van der Waals surface area contributed by atoms with Crippen LogP contribution in [0.3, 0.4) is 0 Å². The first-order valence-electron chi connectivity index (χ1n) is 8.40. The Bertz CT molecular complexity index is 667. The molecule has 4 rings (SSSR count). The topological polar surface area (TPSA) is 50.1 Å². The molecule has 4 heterocycles. The smallest absolute Gasteiger partial charge is 0.134 e. The number of aryl methyl sites for hydroxylation is 2. The molecule has 0 radical (unpaired) electrons. The van der Waals surface area contributed by atoms with Crippen molar-refractivity contribution in [3.8, 4) is 0 Å². The van der Waals surface area contributed by atoms with Crippen molar-refractivity contribution in [1.82, 2.24) is 24.4 Å². The molecule has 2 aromatic rings. The van der Waals surface area contributed by atoms with E-state index >= 15 is 0 Å². The third-order valence-electron chi connectivity index (χ3n) is 5.33. The van der Waals surface area contributed by atoms with Gasteiger partial charge in [0.2, 0.25) is 0 Å². The predicted octanol–water partition coefficient (Wildman–Crippen LogP) is 1.13. The lowest BCUT2D eigenvalue weighted by molar-refractivity contribution is 0.318. The van der Waals surface area contributed by atoms with Crippen LogP contribution in [0.1, 0.15) is 11.3 Å². The zero-order valence-electron chi connectivity index (χ0n) is 13.9. The molecule has 0 saturated carbocycles. The first-order valence-corrected chi connectivity index (χ1v) is 8.40. The monoisotopic (exact) mass is 312 g/mol. The number of rotatable bonds is 4. The van der Waals surface area contributed by atoms with Crippen LogP contribution in [0.4, 0.5) is 5.82 Å². The molecule has 0 aromatic carbocycles. The maximum absolute atomic E-state index is 4.48. The van der Waals surface area contributed by atoms with Crippen LogP contribution in [0.25, 0.3) is 0 Å². The Labute approximate surface area is 137 Å². The molecule has 2 fully saturated rings. The van der Waals surface area contributed by atoms with Crippen LogP contribution < -0.4 is 4.90 Å². The number of hydrogen-bond donors (Lipinski definition) is 0. The van der Waals surface area contributed by atoms with Gasteiger partial charge in [-0.25, -0.2) is 15.0 Å². The summed E-state index contributed by atoms with van der Waals surface area (Å²) in [6.07, 6.45) is 8.53. The van der Waals surface area contributed by atoms with Crippen molar-refractivity contribution >= 4 is 5.82 Å².